The van der Waals surface area contributed by atoms with Crippen molar-refractivity contribution in [2.24, 2.45) is 0 Å². The van der Waals surface area contributed by atoms with E-state index < -0.39 is 0 Å². The molecule has 1 aromatic heterocycles. The monoisotopic (exact) mass is 246 g/mol. The number of amides is 1. The number of carbonyl (C=O) groups is 1. The van der Waals surface area contributed by atoms with E-state index in [9.17, 15) is 4.79 Å². The zero-order valence-corrected chi connectivity index (χ0v) is 10.2. The number of carbonyl (C=O) groups excluding carboxylic acids is 1. The second-order valence-corrected chi connectivity index (χ2v) is 3.81. The third-order valence-corrected chi connectivity index (χ3v) is 2.57. The maximum absolute atomic E-state index is 11.9. The third kappa shape index (κ3) is 2.65. The van der Waals surface area contributed by atoms with Crippen LogP contribution in [0.25, 0.3) is 0 Å². The zero-order chi connectivity index (χ0) is 13.0. The molecule has 6 nitrogen and oxygen atoms in total. The van der Waals surface area contributed by atoms with Crippen molar-refractivity contribution in [1.29, 1.82) is 0 Å². The van der Waals surface area contributed by atoms with Crippen LogP contribution in [0.15, 0.2) is 29.1 Å². The Hall–Kier alpha value is -2.37. The molecule has 0 aliphatic carbocycles. The van der Waals surface area contributed by atoms with Crippen molar-refractivity contribution in [2.45, 2.75) is 13.5 Å². The van der Waals surface area contributed by atoms with Gasteiger partial charge in [0.1, 0.15) is 0 Å². The lowest BCUT2D eigenvalue weighted by Crippen LogP contribution is -2.23. The first-order valence-electron chi connectivity index (χ1n) is 5.52. The van der Waals surface area contributed by atoms with Gasteiger partial charge in [0.2, 0.25) is 6.39 Å². The molecule has 0 saturated heterocycles. The molecule has 0 saturated carbocycles. The molecule has 0 spiro atoms. The first kappa shape index (κ1) is 12.1. The van der Waals surface area contributed by atoms with Crippen molar-refractivity contribution < 1.29 is 9.32 Å². The van der Waals surface area contributed by atoms with E-state index in [0.717, 1.165) is 11.3 Å². The predicted molar refractivity (Wildman–Crippen MR) is 66.2 cm³/mol. The summed E-state index contributed by atoms with van der Waals surface area (Å²) >= 11 is 0. The number of hydrogen-bond donors (Lipinski definition) is 2. The van der Waals surface area contributed by atoms with E-state index in [1.807, 2.05) is 26.1 Å². The Morgan fingerprint density at radius 3 is 2.89 bits per heavy atom. The molecular formula is C12H14N4O2. The molecule has 0 atom stereocenters. The number of anilines is 1. The second kappa shape index (κ2) is 5.31. The molecule has 0 fully saturated rings. The number of rotatable bonds is 4. The number of benzene rings is 1. The number of aromatic nitrogens is 2. The average Bonchev–Trinajstić information content (AvgIpc) is 2.89. The summed E-state index contributed by atoms with van der Waals surface area (Å²) in [4.78, 5) is 15.7. The number of hydrogen-bond acceptors (Lipinski definition) is 5. The van der Waals surface area contributed by atoms with Gasteiger partial charge in [0, 0.05) is 18.3 Å². The molecule has 6 heteroatoms. The summed E-state index contributed by atoms with van der Waals surface area (Å²) in [6.45, 7) is 2.20. The van der Waals surface area contributed by atoms with E-state index in [1.165, 1.54) is 6.39 Å². The fourth-order valence-corrected chi connectivity index (χ4v) is 1.62. The lowest BCUT2D eigenvalue weighted by atomic mass is 10.1. The molecule has 1 heterocycles. The van der Waals surface area contributed by atoms with Gasteiger partial charge >= 0.3 is 0 Å². The van der Waals surface area contributed by atoms with E-state index in [2.05, 4.69) is 25.3 Å². The van der Waals surface area contributed by atoms with Gasteiger partial charge < -0.3 is 15.2 Å². The van der Waals surface area contributed by atoms with Crippen molar-refractivity contribution in [2.75, 3.05) is 12.4 Å². The minimum atomic E-state index is -0.162. The highest BCUT2D eigenvalue weighted by Crippen LogP contribution is 2.15. The van der Waals surface area contributed by atoms with E-state index in [1.54, 1.807) is 6.07 Å². The molecule has 2 rings (SSSR count). The lowest BCUT2D eigenvalue weighted by molar-refractivity contribution is 0.0949. The van der Waals surface area contributed by atoms with Crippen LogP contribution in [0.5, 0.6) is 0 Å². The van der Waals surface area contributed by atoms with Crippen LogP contribution in [0.4, 0.5) is 5.69 Å². The van der Waals surface area contributed by atoms with Crippen LogP contribution in [-0.4, -0.2) is 23.1 Å². The Morgan fingerprint density at radius 1 is 1.44 bits per heavy atom. The molecule has 1 amide bonds. The Kier molecular flexibility index (Phi) is 3.57. The standard InChI is InChI=1S/C12H14N4O2/c1-8-5-9(3-4-10(8)13-2)12(17)14-6-11-15-7-18-16-11/h3-5,7,13H,6H2,1-2H3,(H,14,17). The maximum atomic E-state index is 11.9. The Labute approximate surface area is 104 Å². The SMILES string of the molecule is CNc1ccc(C(=O)NCc2ncon2)cc1C. The average molecular weight is 246 g/mol. The summed E-state index contributed by atoms with van der Waals surface area (Å²) in [6, 6.07) is 5.47. The Balaban J connectivity index is 2.02. The predicted octanol–water partition coefficient (Wildman–Crippen LogP) is 1.35. The normalized spacial score (nSPS) is 10.1. The highest BCUT2D eigenvalue weighted by Gasteiger charge is 2.08. The molecular weight excluding hydrogens is 232 g/mol. The van der Waals surface area contributed by atoms with Gasteiger partial charge in [-0.15, -0.1) is 0 Å². The van der Waals surface area contributed by atoms with Crippen molar-refractivity contribution in [1.82, 2.24) is 15.5 Å². The molecule has 0 aliphatic heterocycles. The summed E-state index contributed by atoms with van der Waals surface area (Å²) in [5, 5.41) is 9.39. The van der Waals surface area contributed by atoms with Crippen molar-refractivity contribution in [3.63, 3.8) is 0 Å². The summed E-state index contributed by atoms with van der Waals surface area (Å²) in [5.74, 6) is 0.289. The maximum Gasteiger partial charge on any atom is 0.251 e. The van der Waals surface area contributed by atoms with Gasteiger partial charge in [0.05, 0.1) is 6.54 Å². The number of nitrogens with one attached hydrogen (secondary N) is 2. The minimum absolute atomic E-state index is 0.162. The largest absolute Gasteiger partial charge is 0.388 e. The van der Waals surface area contributed by atoms with Crippen LogP contribution in [0.2, 0.25) is 0 Å². The first-order valence-corrected chi connectivity index (χ1v) is 5.52. The van der Waals surface area contributed by atoms with Gasteiger partial charge in [0.15, 0.2) is 5.82 Å². The lowest BCUT2D eigenvalue weighted by Gasteiger charge is -2.07. The van der Waals surface area contributed by atoms with Crippen LogP contribution in [0.1, 0.15) is 21.7 Å². The molecule has 0 bridgehead atoms. The topological polar surface area (TPSA) is 80.0 Å². The van der Waals surface area contributed by atoms with Crippen LogP contribution in [0, 0.1) is 6.92 Å². The highest BCUT2D eigenvalue weighted by molar-refractivity contribution is 5.94. The van der Waals surface area contributed by atoms with E-state index in [-0.39, 0.29) is 12.5 Å². The van der Waals surface area contributed by atoms with Gasteiger partial charge in [0.25, 0.3) is 5.91 Å². The summed E-state index contributed by atoms with van der Waals surface area (Å²) in [6.07, 6.45) is 1.23. The molecule has 0 radical (unpaired) electrons. The molecule has 0 unspecified atom stereocenters. The van der Waals surface area contributed by atoms with Crippen LogP contribution >= 0.6 is 0 Å². The number of aryl methyl sites for hydroxylation is 1. The van der Waals surface area contributed by atoms with Gasteiger partial charge in [-0.2, -0.15) is 4.98 Å². The first-order chi connectivity index (χ1) is 8.70. The third-order valence-electron chi connectivity index (χ3n) is 2.57. The Bertz CT molecular complexity index is 537. The fourth-order valence-electron chi connectivity index (χ4n) is 1.62. The van der Waals surface area contributed by atoms with Crippen LogP contribution in [-0.2, 0) is 6.54 Å². The van der Waals surface area contributed by atoms with Gasteiger partial charge in [-0.05, 0) is 30.7 Å². The summed E-state index contributed by atoms with van der Waals surface area (Å²) < 4.78 is 4.58. The zero-order valence-electron chi connectivity index (χ0n) is 10.2. The molecule has 94 valence electrons. The van der Waals surface area contributed by atoms with E-state index >= 15 is 0 Å². The van der Waals surface area contributed by atoms with Crippen molar-refractivity contribution >= 4 is 11.6 Å². The molecule has 18 heavy (non-hydrogen) atoms. The van der Waals surface area contributed by atoms with Gasteiger partial charge in [-0.1, -0.05) is 5.16 Å². The van der Waals surface area contributed by atoms with Gasteiger partial charge in [-0.25, -0.2) is 0 Å². The highest BCUT2D eigenvalue weighted by atomic mass is 16.5. The summed E-state index contributed by atoms with van der Waals surface area (Å²) in [5.41, 5.74) is 2.63. The minimum Gasteiger partial charge on any atom is -0.388 e. The van der Waals surface area contributed by atoms with Crippen LogP contribution in [0.3, 0.4) is 0 Å². The summed E-state index contributed by atoms with van der Waals surface area (Å²) in [7, 11) is 1.85. The van der Waals surface area contributed by atoms with Crippen LogP contribution < -0.4 is 10.6 Å². The van der Waals surface area contributed by atoms with Crippen molar-refractivity contribution in [3.8, 4) is 0 Å². The quantitative estimate of drug-likeness (QED) is 0.851. The fraction of sp³-hybridized carbons (Fsp3) is 0.250. The molecule has 0 aliphatic rings. The van der Waals surface area contributed by atoms with E-state index in [0.29, 0.717) is 11.4 Å². The van der Waals surface area contributed by atoms with E-state index in [4.69, 9.17) is 0 Å². The molecule has 1 aromatic carbocycles. The Morgan fingerprint density at radius 2 is 2.28 bits per heavy atom. The van der Waals surface area contributed by atoms with Crippen molar-refractivity contribution in [3.05, 3.63) is 41.5 Å². The molecule has 2 aromatic rings. The number of nitrogens with zero attached hydrogens (tertiary/aromatic N) is 2. The van der Waals surface area contributed by atoms with Gasteiger partial charge in [-0.3, -0.25) is 4.79 Å². The second-order valence-electron chi connectivity index (χ2n) is 3.81. The molecule has 2 N–H and O–H groups in total. The smallest absolute Gasteiger partial charge is 0.251 e.